The Morgan fingerprint density at radius 3 is 2.58 bits per heavy atom. The van der Waals surface area contributed by atoms with Gasteiger partial charge in [-0.1, -0.05) is 0 Å². The molecule has 0 bridgehead atoms. The molecule has 19 heavy (non-hydrogen) atoms. The molecule has 0 saturated heterocycles. The number of nitrogens with zero attached hydrogens (tertiary/aromatic N) is 1. The van der Waals surface area contributed by atoms with E-state index in [2.05, 4.69) is 5.32 Å². The topological polar surface area (TPSA) is 78.9 Å². The van der Waals surface area contributed by atoms with Gasteiger partial charge in [0.15, 0.2) is 0 Å². The zero-order valence-corrected chi connectivity index (χ0v) is 11.3. The Kier molecular flexibility index (Phi) is 5.32. The molecule has 1 rings (SSSR count). The normalized spacial score (nSPS) is 10.3. The second-order valence-electron chi connectivity index (χ2n) is 4.24. The summed E-state index contributed by atoms with van der Waals surface area (Å²) in [6.45, 7) is 2.16. The van der Waals surface area contributed by atoms with Crippen molar-refractivity contribution in [3.63, 3.8) is 0 Å². The summed E-state index contributed by atoms with van der Waals surface area (Å²) in [5.41, 5.74) is 0.504. The number of aromatic hydroxyl groups is 1. The van der Waals surface area contributed by atoms with Crippen LogP contribution in [0.5, 0.6) is 5.75 Å². The summed E-state index contributed by atoms with van der Waals surface area (Å²) in [6.07, 6.45) is 0. The number of carbonyl (C=O) groups excluding carboxylic acids is 2. The number of hydrogen-bond acceptors (Lipinski definition) is 5. The van der Waals surface area contributed by atoms with Crippen LogP contribution in [0.2, 0.25) is 0 Å². The van der Waals surface area contributed by atoms with Crippen LogP contribution in [0.15, 0.2) is 18.2 Å². The smallest absolute Gasteiger partial charge is 0.341 e. The van der Waals surface area contributed by atoms with Gasteiger partial charge in [-0.05, 0) is 33.2 Å². The van der Waals surface area contributed by atoms with Gasteiger partial charge >= 0.3 is 5.97 Å². The molecule has 0 radical (unpaired) electrons. The highest BCUT2D eigenvalue weighted by atomic mass is 16.5. The maximum atomic E-state index is 11.5. The molecule has 0 unspecified atom stereocenters. The number of likely N-dealkylation sites (N-methyl/N-ethyl adjacent to an activating group) is 1. The van der Waals surface area contributed by atoms with Gasteiger partial charge in [0.25, 0.3) is 0 Å². The van der Waals surface area contributed by atoms with Gasteiger partial charge in [0.2, 0.25) is 5.91 Å². The molecule has 0 aliphatic carbocycles. The van der Waals surface area contributed by atoms with Crippen molar-refractivity contribution >= 4 is 17.6 Å². The van der Waals surface area contributed by atoms with Crippen LogP contribution in [-0.4, -0.2) is 49.1 Å². The maximum absolute atomic E-state index is 11.5. The molecule has 0 atom stereocenters. The second-order valence-corrected chi connectivity index (χ2v) is 4.24. The summed E-state index contributed by atoms with van der Waals surface area (Å²) in [5.74, 6) is -1.01. The first-order valence-corrected chi connectivity index (χ1v) is 5.88. The van der Waals surface area contributed by atoms with E-state index in [-0.39, 0.29) is 30.4 Å². The number of hydrogen-bond donors (Lipinski definition) is 2. The third-order valence-corrected chi connectivity index (χ3v) is 2.24. The number of ether oxygens (including phenoxy) is 1. The third kappa shape index (κ3) is 4.59. The second kappa shape index (κ2) is 6.75. The first kappa shape index (κ1) is 15.0. The van der Waals surface area contributed by atoms with Gasteiger partial charge in [0, 0.05) is 11.8 Å². The van der Waals surface area contributed by atoms with Crippen LogP contribution < -0.4 is 5.32 Å². The van der Waals surface area contributed by atoms with E-state index in [4.69, 9.17) is 4.74 Å². The lowest BCUT2D eigenvalue weighted by Gasteiger charge is -2.11. The van der Waals surface area contributed by atoms with E-state index in [1.54, 1.807) is 32.0 Å². The van der Waals surface area contributed by atoms with E-state index in [1.807, 2.05) is 0 Å². The zero-order chi connectivity index (χ0) is 14.4. The lowest BCUT2D eigenvalue weighted by Crippen LogP contribution is -2.27. The molecule has 1 aromatic rings. The molecule has 0 aliphatic rings. The predicted molar refractivity (Wildman–Crippen MR) is 71.2 cm³/mol. The first-order valence-electron chi connectivity index (χ1n) is 5.88. The van der Waals surface area contributed by atoms with Crippen molar-refractivity contribution in [1.29, 1.82) is 0 Å². The van der Waals surface area contributed by atoms with Gasteiger partial charge in [0.1, 0.15) is 11.3 Å². The summed E-state index contributed by atoms with van der Waals surface area (Å²) in [6, 6.07) is 4.28. The number of esters is 1. The Hall–Kier alpha value is -2.08. The molecule has 104 valence electrons. The number of phenolic OH excluding ortho intramolecular Hbond substituents is 1. The summed E-state index contributed by atoms with van der Waals surface area (Å²) in [7, 11) is 3.56. The van der Waals surface area contributed by atoms with Crippen molar-refractivity contribution in [1.82, 2.24) is 4.90 Å². The van der Waals surface area contributed by atoms with Gasteiger partial charge in [0.05, 0.1) is 13.2 Å². The zero-order valence-electron chi connectivity index (χ0n) is 11.3. The molecule has 0 spiro atoms. The largest absolute Gasteiger partial charge is 0.507 e. The Labute approximate surface area is 112 Å². The lowest BCUT2D eigenvalue weighted by molar-refractivity contribution is -0.116. The number of rotatable bonds is 5. The van der Waals surface area contributed by atoms with Crippen LogP contribution in [-0.2, 0) is 9.53 Å². The van der Waals surface area contributed by atoms with Gasteiger partial charge in [-0.2, -0.15) is 0 Å². The van der Waals surface area contributed by atoms with E-state index >= 15 is 0 Å². The minimum absolute atomic E-state index is 0.0764. The molecule has 1 aromatic carbocycles. The number of phenols is 1. The van der Waals surface area contributed by atoms with Crippen molar-refractivity contribution in [2.75, 3.05) is 32.6 Å². The molecule has 1 amide bonds. The summed E-state index contributed by atoms with van der Waals surface area (Å²) in [5, 5.41) is 12.3. The lowest BCUT2D eigenvalue weighted by atomic mass is 10.2. The number of nitrogens with one attached hydrogen (secondary N) is 1. The summed E-state index contributed by atoms with van der Waals surface area (Å²) >= 11 is 0. The summed E-state index contributed by atoms with van der Waals surface area (Å²) in [4.78, 5) is 24.7. The summed E-state index contributed by atoms with van der Waals surface area (Å²) < 4.78 is 4.79. The van der Waals surface area contributed by atoms with E-state index in [0.717, 1.165) is 0 Å². The molecule has 0 aliphatic heterocycles. The van der Waals surface area contributed by atoms with Gasteiger partial charge in [-0.15, -0.1) is 0 Å². The standard InChI is InChI=1S/C13H18N2O4/c1-4-19-13(18)10-6-5-9(7-11(10)16)14-12(17)8-15(2)3/h5-7,16H,4,8H2,1-3H3,(H,14,17). The molecular weight excluding hydrogens is 248 g/mol. The van der Waals surface area contributed by atoms with Gasteiger partial charge < -0.3 is 20.1 Å². The average molecular weight is 266 g/mol. The Morgan fingerprint density at radius 1 is 1.37 bits per heavy atom. The minimum atomic E-state index is -0.592. The van der Waals surface area contributed by atoms with Crippen molar-refractivity contribution < 1.29 is 19.4 Å². The van der Waals surface area contributed by atoms with Crippen LogP contribution in [0.25, 0.3) is 0 Å². The molecule has 0 fully saturated rings. The van der Waals surface area contributed by atoms with Crippen LogP contribution in [0, 0.1) is 0 Å². The molecule has 6 nitrogen and oxygen atoms in total. The van der Waals surface area contributed by atoms with Crippen LogP contribution in [0.4, 0.5) is 5.69 Å². The highest BCUT2D eigenvalue weighted by Crippen LogP contribution is 2.22. The molecular formula is C13H18N2O4. The fraction of sp³-hybridized carbons (Fsp3) is 0.385. The SMILES string of the molecule is CCOC(=O)c1ccc(NC(=O)CN(C)C)cc1O. The highest BCUT2D eigenvalue weighted by Gasteiger charge is 2.13. The van der Waals surface area contributed by atoms with Crippen molar-refractivity contribution in [2.24, 2.45) is 0 Å². The van der Waals surface area contributed by atoms with Crippen molar-refractivity contribution in [3.05, 3.63) is 23.8 Å². The first-order chi connectivity index (χ1) is 8.93. The Bertz CT molecular complexity index is 472. The van der Waals surface area contributed by atoms with Gasteiger partial charge in [-0.25, -0.2) is 4.79 Å². The molecule has 0 aromatic heterocycles. The van der Waals surface area contributed by atoms with Crippen LogP contribution >= 0.6 is 0 Å². The van der Waals surface area contributed by atoms with E-state index < -0.39 is 5.97 Å². The van der Waals surface area contributed by atoms with E-state index in [9.17, 15) is 14.7 Å². The van der Waals surface area contributed by atoms with Gasteiger partial charge in [-0.3, -0.25) is 4.79 Å². The predicted octanol–water partition coefficient (Wildman–Crippen LogP) is 1.07. The molecule has 6 heteroatoms. The Morgan fingerprint density at radius 2 is 2.05 bits per heavy atom. The molecule has 0 saturated carbocycles. The fourth-order valence-electron chi connectivity index (χ4n) is 1.48. The van der Waals surface area contributed by atoms with E-state index in [0.29, 0.717) is 5.69 Å². The Balaban J connectivity index is 2.77. The number of anilines is 1. The average Bonchev–Trinajstić information content (AvgIpc) is 2.27. The van der Waals surface area contributed by atoms with Crippen molar-refractivity contribution in [2.45, 2.75) is 6.92 Å². The highest BCUT2D eigenvalue weighted by molar-refractivity contribution is 5.95. The van der Waals surface area contributed by atoms with E-state index in [1.165, 1.54) is 12.1 Å². The number of amides is 1. The van der Waals surface area contributed by atoms with Crippen molar-refractivity contribution in [3.8, 4) is 5.75 Å². The number of benzene rings is 1. The minimum Gasteiger partial charge on any atom is -0.507 e. The fourth-order valence-corrected chi connectivity index (χ4v) is 1.48. The van der Waals surface area contributed by atoms with Crippen LogP contribution in [0.3, 0.4) is 0 Å². The monoisotopic (exact) mass is 266 g/mol. The third-order valence-electron chi connectivity index (χ3n) is 2.24. The molecule has 2 N–H and O–H groups in total. The quantitative estimate of drug-likeness (QED) is 0.779. The number of carbonyl (C=O) groups is 2. The maximum Gasteiger partial charge on any atom is 0.341 e. The van der Waals surface area contributed by atoms with Crippen LogP contribution in [0.1, 0.15) is 17.3 Å². The molecule has 0 heterocycles.